The van der Waals surface area contributed by atoms with E-state index in [2.05, 4.69) is 43.1 Å². The van der Waals surface area contributed by atoms with Gasteiger partial charge in [-0.3, -0.25) is 19.8 Å². The molecule has 1 fully saturated rings. The minimum Gasteiger partial charge on any atom is -0.467 e. The number of rotatable bonds is 6. The quantitative estimate of drug-likeness (QED) is 0.183. The molecule has 1 aromatic heterocycles. The fourth-order valence-electron chi connectivity index (χ4n) is 3.37. The maximum atomic E-state index is 13.2. The predicted molar refractivity (Wildman–Crippen MR) is 138 cm³/mol. The molecule has 2 heterocycles. The molecule has 35 heavy (non-hydrogen) atoms. The molecule has 0 atom stereocenters. The molecule has 4 rings (SSSR count). The second kappa shape index (κ2) is 10.1. The van der Waals surface area contributed by atoms with Gasteiger partial charge in [0, 0.05) is 12.1 Å². The van der Waals surface area contributed by atoms with Crippen LogP contribution >= 0.6 is 11.8 Å². The normalized spacial score (nSPS) is 16.7. The lowest BCUT2D eigenvalue weighted by atomic mass is 9.87. The minimum atomic E-state index is -0.468. The minimum absolute atomic E-state index is 0.0433. The molecule has 0 N–H and O–H groups in total. The van der Waals surface area contributed by atoms with E-state index in [1.807, 2.05) is 12.1 Å². The van der Waals surface area contributed by atoms with Crippen LogP contribution in [0.1, 0.15) is 43.2 Å². The van der Waals surface area contributed by atoms with Crippen molar-refractivity contribution in [3.8, 4) is 0 Å². The monoisotopic (exact) mass is 488 g/mol. The number of amides is 1. The highest BCUT2D eigenvalue weighted by molar-refractivity contribution is 8.18. The third-order valence-electron chi connectivity index (χ3n) is 5.29. The summed E-state index contributed by atoms with van der Waals surface area (Å²) in [6, 6.07) is 17.7. The van der Waals surface area contributed by atoms with Crippen LogP contribution in [0.3, 0.4) is 0 Å². The first-order valence-electron chi connectivity index (χ1n) is 10.9. The number of carbonyl (C=O) groups is 1. The zero-order valence-corrected chi connectivity index (χ0v) is 20.4. The van der Waals surface area contributed by atoms with Crippen LogP contribution in [0.4, 0.5) is 5.69 Å². The van der Waals surface area contributed by atoms with Crippen LogP contribution in [-0.2, 0) is 16.8 Å². The molecule has 0 bridgehead atoms. The van der Waals surface area contributed by atoms with Gasteiger partial charge in [-0.25, -0.2) is 0 Å². The number of benzene rings is 2. The van der Waals surface area contributed by atoms with Gasteiger partial charge < -0.3 is 4.42 Å². The fourth-order valence-corrected chi connectivity index (χ4v) is 4.31. The Balaban J connectivity index is 1.60. The zero-order valence-electron chi connectivity index (χ0n) is 19.5. The first-order chi connectivity index (χ1) is 16.7. The Labute approximate surface area is 207 Å². The molecular weight excluding hydrogens is 464 g/mol. The van der Waals surface area contributed by atoms with Gasteiger partial charge in [-0.1, -0.05) is 57.2 Å². The van der Waals surface area contributed by atoms with Crippen molar-refractivity contribution < 1.29 is 14.1 Å². The largest absolute Gasteiger partial charge is 0.467 e. The van der Waals surface area contributed by atoms with E-state index in [-0.39, 0.29) is 23.6 Å². The van der Waals surface area contributed by atoms with Gasteiger partial charge in [-0.15, -0.1) is 5.10 Å². The van der Waals surface area contributed by atoms with Crippen LogP contribution < -0.4 is 0 Å². The molecule has 8 nitrogen and oxygen atoms in total. The summed E-state index contributed by atoms with van der Waals surface area (Å²) >= 11 is 1.16. The smallest absolute Gasteiger partial charge is 0.270 e. The van der Waals surface area contributed by atoms with Crippen LogP contribution in [0.15, 0.2) is 86.5 Å². The van der Waals surface area contributed by atoms with Gasteiger partial charge in [0.15, 0.2) is 5.17 Å². The van der Waals surface area contributed by atoms with E-state index in [0.29, 0.717) is 21.4 Å². The summed E-state index contributed by atoms with van der Waals surface area (Å²) in [6.07, 6.45) is 4.80. The van der Waals surface area contributed by atoms with E-state index in [1.165, 1.54) is 22.6 Å². The number of nitro groups is 1. The molecule has 1 aliphatic heterocycles. The molecule has 0 radical (unpaired) electrons. The van der Waals surface area contributed by atoms with E-state index in [0.717, 1.165) is 17.3 Å². The van der Waals surface area contributed by atoms with Gasteiger partial charge in [-0.05, 0) is 52.1 Å². The molecule has 1 amide bonds. The van der Waals surface area contributed by atoms with Gasteiger partial charge in [0.1, 0.15) is 5.76 Å². The molecule has 2 aromatic carbocycles. The van der Waals surface area contributed by atoms with E-state index < -0.39 is 4.92 Å². The number of carbonyl (C=O) groups excluding carboxylic acids is 1. The summed E-state index contributed by atoms with van der Waals surface area (Å²) in [6.45, 7) is 6.66. The van der Waals surface area contributed by atoms with E-state index in [4.69, 9.17) is 4.42 Å². The van der Waals surface area contributed by atoms with Crippen LogP contribution in [0.2, 0.25) is 0 Å². The molecule has 0 saturated carbocycles. The molecule has 0 spiro atoms. The van der Waals surface area contributed by atoms with Gasteiger partial charge in [-0.2, -0.15) is 5.10 Å². The number of nitrogens with zero attached hydrogens (tertiary/aromatic N) is 4. The molecular formula is C26H24N4O4S. The Morgan fingerprint density at radius 2 is 1.86 bits per heavy atom. The summed E-state index contributed by atoms with van der Waals surface area (Å²) in [5, 5.41) is 20.0. The number of hydrogen-bond acceptors (Lipinski definition) is 7. The predicted octanol–water partition coefficient (Wildman–Crippen LogP) is 5.99. The van der Waals surface area contributed by atoms with Crippen LogP contribution in [0.25, 0.3) is 6.08 Å². The highest BCUT2D eigenvalue weighted by atomic mass is 32.2. The SMILES string of the molecule is CC(C)(C)c1ccc(/C=N\N=C2\S/C(=C\c3cccc([N+](=O)[O-])c3)C(=O)N2Cc2ccco2)cc1. The average Bonchev–Trinajstić information content (AvgIpc) is 3.43. The Hall–Kier alpha value is -3.98. The second-order valence-corrected chi connectivity index (χ2v) is 9.94. The van der Waals surface area contributed by atoms with Crippen molar-refractivity contribution in [1.82, 2.24) is 4.90 Å². The Kier molecular flexibility index (Phi) is 6.97. The van der Waals surface area contributed by atoms with Gasteiger partial charge in [0.2, 0.25) is 0 Å². The van der Waals surface area contributed by atoms with Gasteiger partial charge >= 0.3 is 0 Å². The maximum absolute atomic E-state index is 13.2. The first kappa shape index (κ1) is 24.2. The van der Waals surface area contributed by atoms with Crippen molar-refractivity contribution in [3.05, 3.63) is 104 Å². The van der Waals surface area contributed by atoms with Gasteiger partial charge in [0.05, 0.1) is 28.9 Å². The third kappa shape index (κ3) is 5.93. The average molecular weight is 489 g/mol. The lowest BCUT2D eigenvalue weighted by Crippen LogP contribution is -2.28. The maximum Gasteiger partial charge on any atom is 0.270 e. The number of non-ortho nitro benzene ring substituents is 1. The number of nitro benzene ring substituents is 1. The Morgan fingerprint density at radius 3 is 2.51 bits per heavy atom. The van der Waals surface area contributed by atoms with Crippen LogP contribution in [0.5, 0.6) is 0 Å². The van der Waals surface area contributed by atoms with Crippen molar-refractivity contribution >= 4 is 40.8 Å². The number of thioether (sulfide) groups is 1. The molecule has 178 valence electrons. The summed E-state index contributed by atoms with van der Waals surface area (Å²) in [5.74, 6) is 0.325. The van der Waals surface area contributed by atoms with E-state index in [9.17, 15) is 14.9 Å². The van der Waals surface area contributed by atoms with Crippen molar-refractivity contribution in [2.24, 2.45) is 10.2 Å². The van der Waals surface area contributed by atoms with Crippen LogP contribution in [-0.4, -0.2) is 27.1 Å². The third-order valence-corrected chi connectivity index (χ3v) is 6.28. The van der Waals surface area contributed by atoms with Gasteiger partial charge in [0.25, 0.3) is 11.6 Å². The molecule has 1 aliphatic rings. The van der Waals surface area contributed by atoms with Crippen LogP contribution in [0, 0.1) is 10.1 Å². The molecule has 0 unspecified atom stereocenters. The summed E-state index contributed by atoms with van der Waals surface area (Å²) in [4.78, 5) is 25.7. The number of amidine groups is 1. The highest BCUT2D eigenvalue weighted by Crippen LogP contribution is 2.34. The number of furan rings is 1. The van der Waals surface area contributed by atoms with E-state index >= 15 is 0 Å². The lowest BCUT2D eigenvalue weighted by Gasteiger charge is -2.18. The van der Waals surface area contributed by atoms with E-state index in [1.54, 1.807) is 42.8 Å². The lowest BCUT2D eigenvalue weighted by molar-refractivity contribution is -0.384. The fraction of sp³-hybridized carbons (Fsp3) is 0.192. The molecule has 1 saturated heterocycles. The van der Waals surface area contributed by atoms with Crippen molar-refractivity contribution in [3.63, 3.8) is 0 Å². The summed E-state index contributed by atoms with van der Waals surface area (Å²) in [7, 11) is 0. The molecule has 0 aliphatic carbocycles. The van der Waals surface area contributed by atoms with Crippen molar-refractivity contribution in [1.29, 1.82) is 0 Å². The zero-order chi connectivity index (χ0) is 25.0. The number of hydrogen-bond donors (Lipinski definition) is 0. The second-order valence-electron chi connectivity index (χ2n) is 8.93. The first-order valence-corrected chi connectivity index (χ1v) is 11.7. The standard InChI is InChI=1S/C26H24N4O4S/c1-26(2,3)20-11-9-18(10-12-20)16-27-28-25-29(17-22-8-5-13-34-22)24(31)23(35-25)15-19-6-4-7-21(14-19)30(32)33/h4-16H,17H2,1-3H3/b23-15-,27-16-,28-25+. The molecule has 3 aromatic rings. The topological polar surface area (TPSA) is 101 Å². The highest BCUT2D eigenvalue weighted by Gasteiger charge is 2.34. The Bertz CT molecular complexity index is 1320. The Morgan fingerprint density at radius 1 is 1.09 bits per heavy atom. The molecule has 9 heteroatoms. The van der Waals surface area contributed by atoms with Crippen molar-refractivity contribution in [2.45, 2.75) is 32.7 Å². The van der Waals surface area contributed by atoms with Crippen molar-refractivity contribution in [2.75, 3.05) is 0 Å². The summed E-state index contributed by atoms with van der Waals surface area (Å²) < 4.78 is 5.41. The summed E-state index contributed by atoms with van der Waals surface area (Å²) in [5.41, 5.74) is 2.68.